The number of aromatic nitrogens is 8. The molecule has 0 unspecified atom stereocenters. The molecule has 0 aliphatic heterocycles. The van der Waals surface area contributed by atoms with Crippen LogP contribution >= 0.6 is 0 Å². The van der Waals surface area contributed by atoms with Crippen molar-refractivity contribution < 1.29 is 64.8 Å². The van der Waals surface area contributed by atoms with E-state index < -0.39 is 11.6 Å². The molecule has 0 saturated carbocycles. The average Bonchev–Trinajstić information content (AvgIpc) is 0.944. The molecule has 0 aliphatic carbocycles. The highest BCUT2D eigenvalue weighted by Gasteiger charge is 2.21. The zero-order valence-corrected chi connectivity index (χ0v) is 61.2. The monoisotopic (exact) mass is 1460 g/mol. The van der Waals surface area contributed by atoms with Gasteiger partial charge in [-0.3, -0.25) is 58.3 Å². The Labute approximate surface area is 621 Å². The Bertz CT molecular complexity index is 4440. The molecule has 0 radical (unpaired) electrons. The van der Waals surface area contributed by atoms with Gasteiger partial charge in [-0.25, -0.2) is 28.7 Å². The van der Waals surface area contributed by atoms with E-state index in [0.717, 1.165) is 44.9 Å². The number of hydrogen-bond donors (Lipinski definition) is 0. The fraction of sp³-hybridized carbons (Fsp3) is 0.220. The number of pyridine rings is 4. The van der Waals surface area contributed by atoms with Gasteiger partial charge in [-0.1, -0.05) is 52.0 Å². The summed E-state index contributed by atoms with van der Waals surface area (Å²) in [5.41, 5.74) is 11.5. The quantitative estimate of drug-likeness (QED) is 0.0507. The van der Waals surface area contributed by atoms with Crippen molar-refractivity contribution in [1.82, 2.24) is 39.9 Å². The van der Waals surface area contributed by atoms with Gasteiger partial charge in [0.05, 0.1) is 61.9 Å². The van der Waals surface area contributed by atoms with Crippen LogP contribution in [0, 0.1) is 25.5 Å². The van der Waals surface area contributed by atoms with Crippen LogP contribution in [-0.4, -0.2) is 115 Å². The summed E-state index contributed by atoms with van der Waals surface area (Å²) < 4.78 is 49.4. The number of aryl methyl sites for hydroxylation is 2. The standard InChI is InChI=1S/2C21H21N3O3.2C20H18FN3O3/c1-4-21(26)24(3)16-6-7-17(14(2)11-16)18-8-5-15(13-23-18)19(25)12-20-22-9-10-27-20;1-4-21(26)24(3)16-6-7-17(14(2)11-16)15-5-8-18(23-13-15)19(25)12-20-22-9-10-27-20;1-3-20(26)24(2)14-5-6-15(16(21)10-14)17-7-4-13(12-23-17)18(25)11-19-22-8-9-27-19;1-3-20(26)24(2)14-5-6-15(16(21)10-14)13-4-7-17(23-12-13)18(25)11-19-22-8-9-27-19/h2*5-11,13H,4,12H2,1-3H3;2*4-10,12H,3,11H2,1-2H3. The Hall–Kier alpha value is -13.3. The maximum absolute atomic E-state index is 14.5. The van der Waals surface area contributed by atoms with Crippen LogP contribution in [0.5, 0.6) is 0 Å². The average molecular weight is 1460 g/mol. The van der Waals surface area contributed by atoms with Gasteiger partial charge in [0.2, 0.25) is 47.2 Å². The summed E-state index contributed by atoms with van der Waals surface area (Å²) in [5.74, 6) is -0.276. The second kappa shape index (κ2) is 37.4. The molecule has 8 aromatic heterocycles. The number of nitrogens with zero attached hydrogens (tertiary/aromatic N) is 12. The maximum atomic E-state index is 14.5. The number of rotatable bonds is 24. The van der Waals surface area contributed by atoms with Crippen molar-refractivity contribution in [3.05, 3.63) is 265 Å². The number of amides is 4. The Balaban J connectivity index is 0.000000166. The van der Waals surface area contributed by atoms with Crippen LogP contribution in [0.15, 0.2) is 214 Å². The summed E-state index contributed by atoms with van der Waals surface area (Å²) in [6.45, 7) is 11.2. The highest BCUT2D eigenvalue weighted by Crippen LogP contribution is 2.32. The molecule has 4 aromatic carbocycles. The van der Waals surface area contributed by atoms with Gasteiger partial charge in [0.15, 0.2) is 23.1 Å². The summed E-state index contributed by atoms with van der Waals surface area (Å²) in [4.78, 5) is 135. The number of carbonyl (C=O) groups excluding carboxylic acids is 8. The highest BCUT2D eigenvalue weighted by molar-refractivity contribution is 6.00. The van der Waals surface area contributed by atoms with Gasteiger partial charge in [-0.2, -0.15) is 0 Å². The lowest BCUT2D eigenvalue weighted by Gasteiger charge is -2.18. The van der Waals surface area contributed by atoms with E-state index in [1.54, 1.807) is 125 Å². The predicted octanol–water partition coefficient (Wildman–Crippen LogP) is 15.0. The SMILES string of the molecule is CCC(=O)N(C)c1ccc(-c2ccc(C(=O)Cc3ncco3)cn2)c(C)c1.CCC(=O)N(C)c1ccc(-c2ccc(C(=O)Cc3ncco3)cn2)c(F)c1.CCC(=O)N(C)c1ccc(-c2ccc(C(=O)Cc3ncco3)nc2)c(C)c1.CCC(=O)N(C)c1ccc(-c2ccc(C(=O)Cc3ncco3)nc2)c(F)c1. The van der Waals surface area contributed by atoms with Crippen LogP contribution in [-0.2, 0) is 44.9 Å². The second-order valence-corrected chi connectivity index (χ2v) is 24.4. The molecule has 0 saturated heterocycles. The van der Waals surface area contributed by atoms with E-state index in [9.17, 15) is 47.1 Å². The van der Waals surface area contributed by atoms with Gasteiger partial charge in [-0.05, 0) is 128 Å². The molecule has 4 amide bonds. The first-order valence-electron chi connectivity index (χ1n) is 34.4. The number of hydrogen-bond acceptors (Lipinski definition) is 20. The molecule has 0 N–H and O–H groups in total. The van der Waals surface area contributed by atoms with Gasteiger partial charge in [0, 0.05) is 140 Å². The molecule has 24 nitrogen and oxygen atoms in total. The highest BCUT2D eigenvalue weighted by atomic mass is 19.1. The van der Waals surface area contributed by atoms with Crippen molar-refractivity contribution in [1.29, 1.82) is 0 Å². The van der Waals surface area contributed by atoms with Gasteiger partial charge < -0.3 is 37.3 Å². The third-order valence-corrected chi connectivity index (χ3v) is 17.2. The largest absolute Gasteiger partial charge is 0.449 e. The van der Waals surface area contributed by atoms with E-state index in [-0.39, 0.29) is 78.1 Å². The first-order valence-corrected chi connectivity index (χ1v) is 34.4. The van der Waals surface area contributed by atoms with E-state index in [4.69, 9.17) is 17.7 Å². The van der Waals surface area contributed by atoms with Gasteiger partial charge >= 0.3 is 0 Å². The summed E-state index contributed by atoms with van der Waals surface area (Å²) >= 11 is 0. The third kappa shape index (κ3) is 20.6. The Morgan fingerprint density at radius 2 is 0.648 bits per heavy atom. The van der Waals surface area contributed by atoms with Crippen molar-refractivity contribution in [2.24, 2.45) is 0 Å². The third-order valence-electron chi connectivity index (χ3n) is 17.2. The number of benzene rings is 4. The van der Waals surface area contributed by atoms with Crippen LogP contribution in [0.1, 0.15) is 130 Å². The zero-order chi connectivity index (χ0) is 77.6. The summed E-state index contributed by atoms with van der Waals surface area (Å²) in [6, 6.07) is 34.3. The Morgan fingerprint density at radius 1 is 0.333 bits per heavy atom. The van der Waals surface area contributed by atoms with Crippen molar-refractivity contribution in [2.75, 3.05) is 47.8 Å². The van der Waals surface area contributed by atoms with Crippen molar-refractivity contribution in [3.63, 3.8) is 0 Å². The molecule has 552 valence electrons. The van der Waals surface area contributed by atoms with Gasteiger partial charge in [0.25, 0.3) is 0 Å². The lowest BCUT2D eigenvalue weighted by molar-refractivity contribution is -0.118. The molecule has 0 atom stereocenters. The van der Waals surface area contributed by atoms with Crippen LogP contribution in [0.3, 0.4) is 0 Å². The van der Waals surface area contributed by atoms with Crippen molar-refractivity contribution in [2.45, 2.75) is 92.9 Å². The minimum atomic E-state index is -0.491. The minimum Gasteiger partial charge on any atom is -0.449 e. The molecule has 0 aliphatic rings. The Kier molecular flexibility index (Phi) is 27.3. The normalized spacial score (nSPS) is 10.6. The number of carbonyl (C=O) groups is 8. The molecular weight excluding hydrogens is 1380 g/mol. The topological polar surface area (TPSA) is 305 Å². The molecule has 0 spiro atoms. The predicted molar refractivity (Wildman–Crippen MR) is 401 cm³/mol. The molecule has 12 aromatic rings. The molecule has 26 heteroatoms. The first-order chi connectivity index (χ1) is 52.0. The van der Waals surface area contributed by atoms with E-state index in [0.29, 0.717) is 99.8 Å². The van der Waals surface area contributed by atoms with E-state index in [1.807, 2.05) is 76.2 Å². The van der Waals surface area contributed by atoms with E-state index in [1.165, 1.54) is 84.2 Å². The van der Waals surface area contributed by atoms with E-state index in [2.05, 4.69) is 39.9 Å². The van der Waals surface area contributed by atoms with Gasteiger partial charge in [-0.15, -0.1) is 0 Å². The zero-order valence-electron chi connectivity index (χ0n) is 61.2. The van der Waals surface area contributed by atoms with Crippen molar-refractivity contribution in [3.8, 4) is 44.8 Å². The smallest absolute Gasteiger partial charge is 0.226 e. The number of Topliss-reactive ketones (excluding diaryl/α,β-unsaturated/α-hetero) is 4. The molecule has 0 bridgehead atoms. The van der Waals surface area contributed by atoms with Crippen LogP contribution in [0.2, 0.25) is 0 Å². The summed E-state index contributed by atoms with van der Waals surface area (Å²) in [7, 11) is 6.76. The van der Waals surface area contributed by atoms with Crippen molar-refractivity contribution >= 4 is 69.5 Å². The fourth-order valence-electron chi connectivity index (χ4n) is 10.9. The van der Waals surface area contributed by atoms with Crippen LogP contribution in [0.4, 0.5) is 31.5 Å². The number of halogens is 2. The molecule has 0 fully saturated rings. The summed E-state index contributed by atoms with van der Waals surface area (Å²) in [5, 5.41) is 0. The molecule has 8 heterocycles. The minimum absolute atomic E-state index is 0.0141. The lowest BCUT2D eigenvalue weighted by atomic mass is 10.0. The first kappa shape index (κ1) is 78.9. The Morgan fingerprint density at radius 3 is 0.944 bits per heavy atom. The second-order valence-electron chi connectivity index (χ2n) is 24.4. The molecular formula is C82H78F2N12O12. The molecule has 12 rings (SSSR count). The van der Waals surface area contributed by atoms with Crippen LogP contribution in [0.25, 0.3) is 44.8 Å². The maximum Gasteiger partial charge on any atom is 0.226 e. The van der Waals surface area contributed by atoms with Crippen LogP contribution < -0.4 is 19.6 Å². The molecule has 108 heavy (non-hydrogen) atoms. The number of ketones is 4. The lowest BCUT2D eigenvalue weighted by Crippen LogP contribution is -2.25. The number of oxazole rings is 4. The fourth-order valence-corrected chi connectivity index (χ4v) is 10.9. The van der Waals surface area contributed by atoms with E-state index >= 15 is 0 Å². The number of anilines is 4. The van der Waals surface area contributed by atoms with Gasteiger partial charge in [0.1, 0.15) is 48.1 Å². The summed E-state index contributed by atoms with van der Waals surface area (Å²) in [6.07, 6.45) is 19.6.